The first-order valence-electron chi connectivity index (χ1n) is 5.69. The predicted octanol–water partition coefficient (Wildman–Crippen LogP) is 1.89. The molecule has 2 rings (SSSR count). The summed E-state index contributed by atoms with van der Waals surface area (Å²) < 4.78 is 1.08. The van der Waals surface area contributed by atoms with E-state index in [1.807, 2.05) is 26.0 Å². The van der Waals surface area contributed by atoms with Crippen LogP contribution in [-0.4, -0.2) is 24.2 Å². The van der Waals surface area contributed by atoms with Gasteiger partial charge in [-0.15, -0.1) is 0 Å². The molecule has 17 heavy (non-hydrogen) atoms. The van der Waals surface area contributed by atoms with Crippen LogP contribution in [0.25, 0.3) is 0 Å². The molecular formula is C13H16BrNO2. The first kappa shape index (κ1) is 12.6. The summed E-state index contributed by atoms with van der Waals surface area (Å²) in [5.41, 5.74) is 3.24. The second-order valence-corrected chi connectivity index (χ2v) is 5.43. The Kier molecular flexibility index (Phi) is 3.54. The summed E-state index contributed by atoms with van der Waals surface area (Å²) in [7, 11) is 0. The molecule has 0 saturated carbocycles. The van der Waals surface area contributed by atoms with Crippen molar-refractivity contribution >= 4 is 21.8 Å². The van der Waals surface area contributed by atoms with Crippen LogP contribution in [0.2, 0.25) is 0 Å². The maximum Gasteiger partial charge on any atom is 0.227 e. The molecule has 0 radical (unpaired) electrons. The fourth-order valence-corrected chi connectivity index (χ4v) is 2.65. The number of amides is 1. The summed E-state index contributed by atoms with van der Waals surface area (Å²) in [6, 6.07) is 4.05. The van der Waals surface area contributed by atoms with E-state index in [9.17, 15) is 9.90 Å². The Morgan fingerprint density at radius 3 is 2.53 bits per heavy atom. The van der Waals surface area contributed by atoms with Crippen LogP contribution in [0.4, 0.5) is 0 Å². The normalized spacial score (nSPS) is 23.9. The van der Waals surface area contributed by atoms with E-state index < -0.39 is 0 Å². The van der Waals surface area contributed by atoms with Crippen LogP contribution in [0.3, 0.4) is 0 Å². The first-order chi connectivity index (χ1) is 8.04. The summed E-state index contributed by atoms with van der Waals surface area (Å²) in [5, 5.41) is 12.1. The third-order valence-corrected chi connectivity index (χ3v) is 4.60. The van der Waals surface area contributed by atoms with E-state index in [0.29, 0.717) is 6.54 Å². The topological polar surface area (TPSA) is 49.3 Å². The fourth-order valence-electron chi connectivity index (χ4n) is 2.43. The van der Waals surface area contributed by atoms with E-state index in [2.05, 4.69) is 21.2 Å². The van der Waals surface area contributed by atoms with Crippen LogP contribution in [0.5, 0.6) is 0 Å². The van der Waals surface area contributed by atoms with Crippen LogP contribution >= 0.6 is 15.9 Å². The minimum atomic E-state index is -0.217. The van der Waals surface area contributed by atoms with Crippen molar-refractivity contribution in [1.82, 2.24) is 5.32 Å². The Balaban J connectivity index is 2.42. The van der Waals surface area contributed by atoms with Crippen molar-refractivity contribution in [2.75, 3.05) is 13.2 Å². The zero-order valence-electron chi connectivity index (χ0n) is 9.96. The number of rotatable bonds is 2. The van der Waals surface area contributed by atoms with E-state index in [1.54, 1.807) is 0 Å². The van der Waals surface area contributed by atoms with Gasteiger partial charge in [0.1, 0.15) is 0 Å². The Labute approximate surface area is 109 Å². The standard InChI is InChI=1S/C13H16BrNO2/c1-7-3-9(4-8(2)12(7)14)11-10(6-16)5-15-13(11)17/h3-4,10-11,16H,5-6H2,1-2H3,(H,15,17)/t10-,11-/m0/s1. The molecule has 0 aliphatic carbocycles. The van der Waals surface area contributed by atoms with Crippen molar-refractivity contribution in [3.63, 3.8) is 0 Å². The van der Waals surface area contributed by atoms with Crippen molar-refractivity contribution in [2.24, 2.45) is 5.92 Å². The van der Waals surface area contributed by atoms with Crippen LogP contribution in [0, 0.1) is 19.8 Å². The number of nitrogens with one attached hydrogen (secondary N) is 1. The second-order valence-electron chi connectivity index (χ2n) is 4.63. The molecule has 0 aromatic heterocycles. The number of aliphatic hydroxyl groups is 1. The first-order valence-corrected chi connectivity index (χ1v) is 6.49. The molecule has 1 saturated heterocycles. The number of aliphatic hydroxyl groups excluding tert-OH is 1. The lowest BCUT2D eigenvalue weighted by Crippen LogP contribution is -2.19. The summed E-state index contributed by atoms with van der Waals surface area (Å²) >= 11 is 3.52. The SMILES string of the molecule is Cc1cc([C@@H]2C(=O)NC[C@H]2CO)cc(C)c1Br. The molecule has 1 fully saturated rings. The van der Waals surface area contributed by atoms with Crippen LogP contribution in [0.1, 0.15) is 22.6 Å². The zero-order valence-corrected chi connectivity index (χ0v) is 11.5. The lowest BCUT2D eigenvalue weighted by molar-refractivity contribution is -0.120. The van der Waals surface area contributed by atoms with E-state index >= 15 is 0 Å². The van der Waals surface area contributed by atoms with Gasteiger partial charge in [-0.3, -0.25) is 4.79 Å². The predicted molar refractivity (Wildman–Crippen MR) is 69.9 cm³/mol. The van der Waals surface area contributed by atoms with Gasteiger partial charge in [0, 0.05) is 23.5 Å². The number of hydrogen-bond acceptors (Lipinski definition) is 2. The molecule has 1 aromatic rings. The van der Waals surface area contributed by atoms with E-state index in [4.69, 9.17) is 0 Å². The summed E-state index contributed by atoms with van der Waals surface area (Å²) in [6.45, 7) is 4.63. The molecule has 92 valence electrons. The van der Waals surface area contributed by atoms with Crippen LogP contribution < -0.4 is 5.32 Å². The molecule has 0 spiro atoms. The molecule has 0 unspecified atom stereocenters. The second kappa shape index (κ2) is 4.78. The number of halogens is 1. The van der Waals surface area contributed by atoms with E-state index in [-0.39, 0.29) is 24.3 Å². The highest BCUT2D eigenvalue weighted by Gasteiger charge is 2.35. The van der Waals surface area contributed by atoms with Crippen molar-refractivity contribution in [3.05, 3.63) is 33.3 Å². The van der Waals surface area contributed by atoms with Gasteiger partial charge in [-0.2, -0.15) is 0 Å². The molecule has 2 atom stereocenters. The van der Waals surface area contributed by atoms with Crippen LogP contribution in [-0.2, 0) is 4.79 Å². The van der Waals surface area contributed by atoms with Gasteiger partial charge in [0.05, 0.1) is 5.92 Å². The smallest absolute Gasteiger partial charge is 0.227 e. The number of aryl methyl sites for hydroxylation is 2. The lowest BCUT2D eigenvalue weighted by Gasteiger charge is -2.17. The Hall–Kier alpha value is -0.870. The van der Waals surface area contributed by atoms with Crippen molar-refractivity contribution in [1.29, 1.82) is 0 Å². The van der Waals surface area contributed by atoms with Gasteiger partial charge < -0.3 is 10.4 Å². The molecule has 1 aromatic carbocycles. The molecule has 0 bridgehead atoms. The molecular weight excluding hydrogens is 282 g/mol. The highest BCUT2D eigenvalue weighted by Crippen LogP contribution is 2.32. The molecule has 4 heteroatoms. The van der Waals surface area contributed by atoms with Crippen molar-refractivity contribution in [3.8, 4) is 0 Å². The Morgan fingerprint density at radius 1 is 1.41 bits per heavy atom. The van der Waals surface area contributed by atoms with Crippen LogP contribution in [0.15, 0.2) is 16.6 Å². The average Bonchev–Trinajstić information content (AvgIpc) is 2.66. The maximum absolute atomic E-state index is 11.8. The molecule has 1 aliphatic heterocycles. The summed E-state index contributed by atoms with van der Waals surface area (Å²) in [6.07, 6.45) is 0. The Morgan fingerprint density at radius 2 is 2.00 bits per heavy atom. The van der Waals surface area contributed by atoms with Gasteiger partial charge in [-0.05, 0) is 30.5 Å². The highest BCUT2D eigenvalue weighted by atomic mass is 79.9. The summed E-state index contributed by atoms with van der Waals surface area (Å²) in [5.74, 6) is -0.210. The average molecular weight is 298 g/mol. The molecule has 2 N–H and O–H groups in total. The van der Waals surface area contributed by atoms with Gasteiger partial charge in [-0.25, -0.2) is 0 Å². The van der Waals surface area contributed by atoms with Gasteiger partial charge in [-0.1, -0.05) is 28.1 Å². The maximum atomic E-state index is 11.8. The highest BCUT2D eigenvalue weighted by molar-refractivity contribution is 9.10. The zero-order chi connectivity index (χ0) is 12.6. The minimum absolute atomic E-state index is 0.0116. The monoisotopic (exact) mass is 297 g/mol. The largest absolute Gasteiger partial charge is 0.396 e. The van der Waals surface area contributed by atoms with E-state index in [0.717, 1.165) is 21.2 Å². The fraction of sp³-hybridized carbons (Fsp3) is 0.462. The Bertz CT molecular complexity index is 436. The number of benzene rings is 1. The quantitative estimate of drug-likeness (QED) is 0.876. The van der Waals surface area contributed by atoms with Crippen molar-refractivity contribution < 1.29 is 9.90 Å². The lowest BCUT2D eigenvalue weighted by atomic mass is 9.87. The van der Waals surface area contributed by atoms with Gasteiger partial charge in [0.25, 0.3) is 0 Å². The summed E-state index contributed by atoms with van der Waals surface area (Å²) in [4.78, 5) is 11.8. The van der Waals surface area contributed by atoms with Gasteiger partial charge >= 0.3 is 0 Å². The van der Waals surface area contributed by atoms with Crippen molar-refractivity contribution in [2.45, 2.75) is 19.8 Å². The number of carbonyl (C=O) groups is 1. The molecule has 1 aliphatic rings. The van der Waals surface area contributed by atoms with E-state index in [1.165, 1.54) is 0 Å². The third kappa shape index (κ3) is 2.24. The van der Waals surface area contributed by atoms with Gasteiger partial charge in [0.15, 0.2) is 0 Å². The number of hydrogen-bond donors (Lipinski definition) is 2. The molecule has 1 amide bonds. The molecule has 1 heterocycles. The molecule has 3 nitrogen and oxygen atoms in total. The third-order valence-electron chi connectivity index (χ3n) is 3.34. The van der Waals surface area contributed by atoms with Gasteiger partial charge in [0.2, 0.25) is 5.91 Å². The number of carbonyl (C=O) groups excluding carboxylic acids is 1. The minimum Gasteiger partial charge on any atom is -0.396 e.